The van der Waals surface area contributed by atoms with E-state index in [1.165, 1.54) is 5.56 Å². The van der Waals surface area contributed by atoms with Gasteiger partial charge in [0.25, 0.3) is 0 Å². The van der Waals surface area contributed by atoms with Gasteiger partial charge in [0, 0.05) is 22.8 Å². The van der Waals surface area contributed by atoms with Gasteiger partial charge < -0.3 is 10.7 Å². The van der Waals surface area contributed by atoms with Crippen molar-refractivity contribution in [2.45, 2.75) is 19.8 Å². The van der Waals surface area contributed by atoms with Crippen molar-refractivity contribution >= 4 is 16.6 Å². The SMILES string of the molecule is CC(C)c1cc(N)c2cc[nH]c2c1. The predicted octanol–water partition coefficient (Wildman–Crippen LogP) is 2.87. The highest BCUT2D eigenvalue weighted by atomic mass is 14.7. The Morgan fingerprint density at radius 2 is 2.08 bits per heavy atom. The summed E-state index contributed by atoms with van der Waals surface area (Å²) in [6, 6.07) is 6.23. The van der Waals surface area contributed by atoms with E-state index in [9.17, 15) is 0 Å². The van der Waals surface area contributed by atoms with Crippen LogP contribution in [0.2, 0.25) is 0 Å². The first-order chi connectivity index (χ1) is 6.18. The Kier molecular flexibility index (Phi) is 1.76. The van der Waals surface area contributed by atoms with Gasteiger partial charge in [0.05, 0.1) is 0 Å². The summed E-state index contributed by atoms with van der Waals surface area (Å²) < 4.78 is 0. The summed E-state index contributed by atoms with van der Waals surface area (Å²) in [7, 11) is 0. The van der Waals surface area contributed by atoms with Crippen molar-refractivity contribution in [3.8, 4) is 0 Å². The van der Waals surface area contributed by atoms with E-state index in [0.29, 0.717) is 5.92 Å². The lowest BCUT2D eigenvalue weighted by molar-refractivity contribution is 0.869. The highest BCUT2D eigenvalue weighted by Gasteiger charge is 2.04. The second kappa shape index (κ2) is 2.80. The number of benzene rings is 1. The van der Waals surface area contributed by atoms with Gasteiger partial charge in [-0.15, -0.1) is 0 Å². The van der Waals surface area contributed by atoms with Crippen molar-refractivity contribution in [1.29, 1.82) is 0 Å². The fraction of sp³-hybridized carbons (Fsp3) is 0.273. The number of aromatic amines is 1. The van der Waals surface area contributed by atoms with E-state index in [-0.39, 0.29) is 0 Å². The number of fused-ring (bicyclic) bond motifs is 1. The summed E-state index contributed by atoms with van der Waals surface area (Å²) in [4.78, 5) is 3.18. The zero-order valence-corrected chi connectivity index (χ0v) is 7.96. The van der Waals surface area contributed by atoms with Crippen LogP contribution in [0.1, 0.15) is 25.3 Å². The third-order valence-electron chi connectivity index (χ3n) is 2.39. The number of nitrogen functional groups attached to an aromatic ring is 1. The lowest BCUT2D eigenvalue weighted by atomic mass is 10.0. The Morgan fingerprint density at radius 3 is 2.77 bits per heavy atom. The van der Waals surface area contributed by atoms with Gasteiger partial charge >= 0.3 is 0 Å². The summed E-state index contributed by atoms with van der Waals surface area (Å²) in [6.07, 6.45) is 1.92. The Balaban J connectivity index is 2.70. The summed E-state index contributed by atoms with van der Waals surface area (Å²) in [5.74, 6) is 0.523. The van der Waals surface area contributed by atoms with Crippen LogP contribution in [0.25, 0.3) is 10.9 Å². The second-order valence-corrected chi connectivity index (χ2v) is 3.70. The number of hydrogen-bond donors (Lipinski definition) is 2. The van der Waals surface area contributed by atoms with E-state index in [1.54, 1.807) is 0 Å². The fourth-order valence-corrected chi connectivity index (χ4v) is 1.55. The minimum atomic E-state index is 0.523. The van der Waals surface area contributed by atoms with Crippen molar-refractivity contribution in [3.63, 3.8) is 0 Å². The average Bonchev–Trinajstić information content (AvgIpc) is 2.51. The number of H-pyrrole nitrogens is 1. The number of aromatic nitrogens is 1. The molecule has 3 N–H and O–H groups in total. The monoisotopic (exact) mass is 174 g/mol. The van der Waals surface area contributed by atoms with Crippen molar-refractivity contribution < 1.29 is 0 Å². The highest BCUT2D eigenvalue weighted by Crippen LogP contribution is 2.25. The van der Waals surface area contributed by atoms with Crippen LogP contribution in [0.5, 0.6) is 0 Å². The molecule has 1 aromatic heterocycles. The van der Waals surface area contributed by atoms with E-state index in [0.717, 1.165) is 16.6 Å². The molecule has 0 saturated heterocycles. The zero-order valence-electron chi connectivity index (χ0n) is 7.96. The number of nitrogens with one attached hydrogen (secondary N) is 1. The lowest BCUT2D eigenvalue weighted by Gasteiger charge is -2.06. The van der Waals surface area contributed by atoms with E-state index >= 15 is 0 Å². The standard InChI is InChI=1S/C11H14N2/c1-7(2)8-5-10(12)9-3-4-13-11(9)6-8/h3-7,13H,12H2,1-2H3. The van der Waals surface area contributed by atoms with Crippen molar-refractivity contribution in [2.24, 2.45) is 0 Å². The number of anilines is 1. The quantitative estimate of drug-likeness (QED) is 0.641. The molecule has 13 heavy (non-hydrogen) atoms. The maximum Gasteiger partial charge on any atom is 0.0477 e. The van der Waals surface area contributed by atoms with Gasteiger partial charge in [-0.2, -0.15) is 0 Å². The molecule has 0 bridgehead atoms. The molecule has 0 unspecified atom stereocenters. The first-order valence-corrected chi connectivity index (χ1v) is 4.55. The molecule has 0 fully saturated rings. The van der Waals surface area contributed by atoms with Crippen LogP contribution in [0.15, 0.2) is 24.4 Å². The Labute approximate surface area is 77.8 Å². The number of hydrogen-bond acceptors (Lipinski definition) is 1. The minimum Gasteiger partial charge on any atom is -0.398 e. The van der Waals surface area contributed by atoms with Gasteiger partial charge in [0.1, 0.15) is 0 Å². The maximum absolute atomic E-state index is 5.92. The summed E-state index contributed by atoms with van der Waals surface area (Å²) in [6.45, 7) is 4.34. The van der Waals surface area contributed by atoms with Gasteiger partial charge in [0.15, 0.2) is 0 Å². The smallest absolute Gasteiger partial charge is 0.0477 e. The summed E-state index contributed by atoms with van der Waals surface area (Å²) in [5.41, 5.74) is 9.20. The van der Waals surface area contributed by atoms with Gasteiger partial charge in [-0.05, 0) is 29.7 Å². The van der Waals surface area contributed by atoms with Crippen molar-refractivity contribution in [1.82, 2.24) is 4.98 Å². The third-order valence-corrected chi connectivity index (χ3v) is 2.39. The highest BCUT2D eigenvalue weighted by molar-refractivity contribution is 5.91. The first-order valence-electron chi connectivity index (χ1n) is 4.55. The predicted molar refractivity (Wildman–Crippen MR) is 56.8 cm³/mol. The molecule has 68 valence electrons. The molecule has 0 radical (unpaired) electrons. The number of nitrogens with two attached hydrogens (primary N) is 1. The molecule has 0 spiro atoms. The molecule has 0 aliphatic heterocycles. The van der Waals surface area contributed by atoms with Crippen molar-refractivity contribution in [3.05, 3.63) is 30.0 Å². The molecule has 0 aliphatic carbocycles. The Hall–Kier alpha value is -1.44. The fourth-order valence-electron chi connectivity index (χ4n) is 1.55. The van der Waals surface area contributed by atoms with E-state index in [1.807, 2.05) is 12.3 Å². The molecule has 2 rings (SSSR count). The lowest BCUT2D eigenvalue weighted by Crippen LogP contribution is -1.92. The zero-order chi connectivity index (χ0) is 9.42. The van der Waals surface area contributed by atoms with Crippen LogP contribution in [-0.4, -0.2) is 4.98 Å². The molecule has 0 amide bonds. The molecule has 0 atom stereocenters. The van der Waals surface area contributed by atoms with E-state index < -0.39 is 0 Å². The molecule has 1 aromatic carbocycles. The van der Waals surface area contributed by atoms with Crippen LogP contribution in [0.4, 0.5) is 5.69 Å². The molecule has 2 heteroatoms. The molecule has 2 nitrogen and oxygen atoms in total. The van der Waals surface area contributed by atoms with Crippen molar-refractivity contribution in [2.75, 3.05) is 5.73 Å². The van der Waals surface area contributed by atoms with Crippen LogP contribution in [0.3, 0.4) is 0 Å². The molecule has 0 aliphatic rings. The molecular weight excluding hydrogens is 160 g/mol. The average molecular weight is 174 g/mol. The largest absolute Gasteiger partial charge is 0.398 e. The van der Waals surface area contributed by atoms with Crippen LogP contribution in [-0.2, 0) is 0 Å². The van der Waals surface area contributed by atoms with E-state index in [4.69, 9.17) is 5.73 Å². The molecule has 1 heterocycles. The van der Waals surface area contributed by atoms with Crippen LogP contribution < -0.4 is 5.73 Å². The topological polar surface area (TPSA) is 41.8 Å². The van der Waals surface area contributed by atoms with Gasteiger partial charge in [-0.3, -0.25) is 0 Å². The Bertz CT molecular complexity index is 427. The van der Waals surface area contributed by atoms with Crippen LogP contribution >= 0.6 is 0 Å². The number of rotatable bonds is 1. The summed E-state index contributed by atoms with van der Waals surface area (Å²) in [5, 5.41) is 1.12. The maximum atomic E-state index is 5.92. The third kappa shape index (κ3) is 1.28. The molecule has 2 aromatic rings. The molecule has 0 saturated carbocycles. The van der Waals surface area contributed by atoms with Gasteiger partial charge in [0.2, 0.25) is 0 Å². The summed E-state index contributed by atoms with van der Waals surface area (Å²) >= 11 is 0. The van der Waals surface area contributed by atoms with Gasteiger partial charge in [-0.1, -0.05) is 13.8 Å². The molecular formula is C11H14N2. The minimum absolute atomic E-state index is 0.523. The second-order valence-electron chi connectivity index (χ2n) is 3.70. The normalized spacial score (nSPS) is 11.3. The van der Waals surface area contributed by atoms with E-state index in [2.05, 4.69) is 31.0 Å². The Morgan fingerprint density at radius 1 is 1.31 bits per heavy atom. The van der Waals surface area contributed by atoms with Gasteiger partial charge in [-0.25, -0.2) is 0 Å². The van der Waals surface area contributed by atoms with Crippen LogP contribution in [0, 0.1) is 0 Å². The first kappa shape index (κ1) is 8.17.